The third kappa shape index (κ3) is 10.9. The van der Waals surface area contributed by atoms with Crippen LogP contribution in [0.4, 0.5) is 0 Å². The predicted octanol–water partition coefficient (Wildman–Crippen LogP) is 1.41. The molecular weight excluding hydrogens is 552 g/mol. The number of aliphatic hydroxyl groups excluding tert-OH is 1. The lowest BCUT2D eigenvalue weighted by molar-refractivity contribution is -0.156. The molecule has 0 saturated carbocycles. The maximum atomic E-state index is 13.5. The van der Waals surface area contributed by atoms with Gasteiger partial charge in [-0.15, -0.1) is 0 Å². The Bertz CT molecular complexity index is 1220. The number of ether oxygens (including phenoxy) is 1. The molecule has 11 nitrogen and oxygen atoms in total. The first-order valence-electron chi connectivity index (χ1n) is 14.5. The number of esters is 1. The fraction of sp³-hybridized carbons (Fsp3) is 0.469. The Hall–Kier alpha value is -4.09. The van der Waals surface area contributed by atoms with Crippen LogP contribution in [-0.4, -0.2) is 64.9 Å². The molecule has 0 fully saturated rings. The number of hydrogen-bond acceptors (Lipinski definition) is 8. The Balaban J connectivity index is 2.23. The van der Waals surface area contributed by atoms with Gasteiger partial charge in [-0.05, 0) is 29.9 Å². The zero-order chi connectivity index (χ0) is 32.1. The number of aliphatic hydroxyl groups is 1. The second-order valence-electron chi connectivity index (χ2n) is 11.0. The Morgan fingerprint density at radius 2 is 1.28 bits per heavy atom. The summed E-state index contributed by atoms with van der Waals surface area (Å²) in [5.41, 5.74) is 7.15. The first-order valence-corrected chi connectivity index (χ1v) is 14.5. The lowest BCUT2D eigenvalue weighted by Crippen LogP contribution is -2.60. The fourth-order valence-electron chi connectivity index (χ4n) is 4.21. The van der Waals surface area contributed by atoms with E-state index in [1.54, 1.807) is 75.4 Å². The first kappa shape index (κ1) is 35.1. The van der Waals surface area contributed by atoms with Gasteiger partial charge in [0.1, 0.15) is 30.8 Å². The number of rotatable bonds is 16. The van der Waals surface area contributed by atoms with E-state index in [0.717, 1.165) is 0 Å². The van der Waals surface area contributed by atoms with E-state index in [4.69, 9.17) is 10.5 Å². The quantitative estimate of drug-likeness (QED) is 0.143. The summed E-state index contributed by atoms with van der Waals surface area (Å²) in [7, 11) is 0. The van der Waals surface area contributed by atoms with Gasteiger partial charge in [-0.2, -0.15) is 0 Å². The lowest BCUT2D eigenvalue weighted by Gasteiger charge is -2.29. The number of hydrogen-bond donors (Lipinski definition) is 5. The lowest BCUT2D eigenvalue weighted by atomic mass is 9.95. The summed E-state index contributed by atoms with van der Waals surface area (Å²) in [5, 5.41) is 17.6. The van der Waals surface area contributed by atoms with Crippen molar-refractivity contribution >= 4 is 29.5 Å². The van der Waals surface area contributed by atoms with Crippen LogP contribution in [0.15, 0.2) is 60.7 Å². The molecule has 2 rings (SSSR count). The van der Waals surface area contributed by atoms with Gasteiger partial charge in [0.2, 0.25) is 17.7 Å². The van der Waals surface area contributed by atoms with Crippen LogP contribution in [0.1, 0.15) is 52.2 Å². The minimum absolute atomic E-state index is 0.0212. The molecule has 43 heavy (non-hydrogen) atoms. The summed E-state index contributed by atoms with van der Waals surface area (Å²) >= 11 is 0. The highest BCUT2D eigenvalue weighted by Gasteiger charge is 2.35. The fourth-order valence-corrected chi connectivity index (χ4v) is 4.21. The molecule has 3 amide bonds. The summed E-state index contributed by atoms with van der Waals surface area (Å²) in [6, 6.07) is 13.1. The Morgan fingerprint density at radius 1 is 0.767 bits per heavy atom. The van der Waals surface area contributed by atoms with Gasteiger partial charge < -0.3 is 31.5 Å². The van der Waals surface area contributed by atoms with Gasteiger partial charge in [0.15, 0.2) is 0 Å². The molecule has 0 saturated heterocycles. The molecule has 2 aromatic rings. The van der Waals surface area contributed by atoms with Crippen molar-refractivity contribution in [1.82, 2.24) is 16.0 Å². The van der Waals surface area contributed by atoms with Crippen molar-refractivity contribution in [3.05, 3.63) is 71.8 Å². The molecule has 0 bridgehead atoms. The zero-order valence-corrected chi connectivity index (χ0v) is 25.4. The first-order chi connectivity index (χ1) is 20.3. The molecule has 0 aromatic heterocycles. The van der Waals surface area contributed by atoms with Crippen molar-refractivity contribution in [2.75, 3.05) is 0 Å². The maximum Gasteiger partial charge on any atom is 0.377 e. The van der Waals surface area contributed by atoms with Crippen LogP contribution in [0.3, 0.4) is 0 Å². The highest BCUT2D eigenvalue weighted by atomic mass is 16.5. The smallest absolute Gasteiger partial charge is 0.377 e. The summed E-state index contributed by atoms with van der Waals surface area (Å²) in [4.78, 5) is 65.4. The normalized spacial score (nSPS) is 15.3. The summed E-state index contributed by atoms with van der Waals surface area (Å²) in [5.74, 6) is -4.78. The number of ketones is 1. The van der Waals surface area contributed by atoms with Crippen LogP contribution >= 0.6 is 0 Å². The van der Waals surface area contributed by atoms with E-state index in [1.807, 2.05) is 13.0 Å². The molecule has 0 heterocycles. The van der Waals surface area contributed by atoms with Crippen molar-refractivity contribution < 1.29 is 33.8 Å². The zero-order valence-electron chi connectivity index (χ0n) is 25.4. The van der Waals surface area contributed by atoms with E-state index in [2.05, 4.69) is 16.0 Å². The third-order valence-corrected chi connectivity index (χ3v) is 7.19. The van der Waals surface area contributed by atoms with E-state index >= 15 is 0 Å². The average molecular weight is 597 g/mol. The Labute approximate surface area is 252 Å². The number of nitrogens with two attached hydrogens (primary N) is 1. The molecule has 0 aliphatic heterocycles. The number of carbonyl (C=O) groups is 5. The van der Waals surface area contributed by atoms with Crippen LogP contribution in [0.25, 0.3) is 0 Å². The van der Waals surface area contributed by atoms with E-state index in [9.17, 15) is 29.1 Å². The van der Waals surface area contributed by atoms with Gasteiger partial charge in [0, 0.05) is 6.42 Å². The number of amides is 3. The molecule has 0 aliphatic carbocycles. The predicted molar refractivity (Wildman–Crippen MR) is 161 cm³/mol. The molecule has 234 valence electrons. The molecule has 0 spiro atoms. The minimum atomic E-state index is -1.26. The third-order valence-electron chi connectivity index (χ3n) is 7.19. The molecule has 0 aliphatic rings. The number of benzene rings is 2. The SMILES string of the molecule is CC[C@H](C)[C@@H](NC(=O)[C@H](N)[C@@H](C)O)C(=O)N[C@@H](C(=O)N[C@@H](Cc1ccccc1)C(=O)C(=O)OCc1ccccc1)C(C)C. The van der Waals surface area contributed by atoms with Crippen LogP contribution in [0.5, 0.6) is 0 Å². The van der Waals surface area contributed by atoms with Crippen molar-refractivity contribution in [2.45, 2.75) is 84.3 Å². The van der Waals surface area contributed by atoms with Crippen LogP contribution in [-0.2, 0) is 41.7 Å². The molecule has 11 heteroatoms. The summed E-state index contributed by atoms with van der Waals surface area (Å²) < 4.78 is 5.23. The number of Topliss-reactive ketones (excluding diaryl/α,β-unsaturated/α-hetero) is 1. The highest BCUT2D eigenvalue weighted by molar-refractivity contribution is 6.36. The van der Waals surface area contributed by atoms with Gasteiger partial charge in [-0.25, -0.2) is 4.79 Å². The van der Waals surface area contributed by atoms with Gasteiger partial charge in [-0.3, -0.25) is 19.2 Å². The van der Waals surface area contributed by atoms with E-state index in [-0.39, 0.29) is 18.9 Å². The topological polar surface area (TPSA) is 177 Å². The molecular formula is C32H44N4O7. The summed E-state index contributed by atoms with van der Waals surface area (Å²) in [6.07, 6.45) is -0.583. The minimum Gasteiger partial charge on any atom is -0.455 e. The van der Waals surface area contributed by atoms with E-state index < -0.39 is 65.7 Å². The molecule has 0 radical (unpaired) electrons. The van der Waals surface area contributed by atoms with Crippen molar-refractivity contribution in [2.24, 2.45) is 17.6 Å². The van der Waals surface area contributed by atoms with Gasteiger partial charge in [0.25, 0.3) is 5.78 Å². The molecule has 6 atom stereocenters. The monoisotopic (exact) mass is 596 g/mol. The maximum absolute atomic E-state index is 13.5. The average Bonchev–Trinajstić information content (AvgIpc) is 3.00. The van der Waals surface area contributed by atoms with Gasteiger partial charge in [-0.1, -0.05) is 94.8 Å². The van der Waals surface area contributed by atoms with Gasteiger partial charge >= 0.3 is 5.97 Å². The van der Waals surface area contributed by atoms with Crippen LogP contribution in [0.2, 0.25) is 0 Å². The molecule has 0 unspecified atom stereocenters. The van der Waals surface area contributed by atoms with Crippen LogP contribution < -0.4 is 21.7 Å². The van der Waals surface area contributed by atoms with E-state index in [1.165, 1.54) is 6.92 Å². The van der Waals surface area contributed by atoms with Gasteiger partial charge in [0.05, 0.1) is 6.10 Å². The van der Waals surface area contributed by atoms with E-state index in [0.29, 0.717) is 17.5 Å². The van der Waals surface area contributed by atoms with Crippen LogP contribution in [0, 0.1) is 11.8 Å². The number of carbonyl (C=O) groups excluding carboxylic acids is 5. The Morgan fingerprint density at radius 3 is 1.79 bits per heavy atom. The molecule has 6 N–H and O–H groups in total. The standard InChI is InChI=1S/C32H44N4O7/c1-6-20(4)27(36-29(39)25(33)21(5)37)31(41)35-26(19(2)3)30(40)34-24(17-22-13-9-7-10-14-22)28(38)32(42)43-18-23-15-11-8-12-16-23/h7-16,19-21,24-27,37H,6,17-18,33H2,1-5H3,(H,34,40)(H,35,41)(H,36,39)/t20-,21+,24-,25+,26+,27+/m0/s1. The second kappa shape index (κ2) is 17.1. The summed E-state index contributed by atoms with van der Waals surface area (Å²) in [6.45, 7) is 8.29. The molecule has 2 aromatic carbocycles. The second-order valence-corrected chi connectivity index (χ2v) is 11.0. The Kier molecular flexibility index (Phi) is 14.0. The number of nitrogens with one attached hydrogen (secondary N) is 3. The highest BCUT2D eigenvalue weighted by Crippen LogP contribution is 2.12. The largest absolute Gasteiger partial charge is 0.455 e. The van der Waals surface area contributed by atoms with Crippen molar-refractivity contribution in [1.29, 1.82) is 0 Å². The van der Waals surface area contributed by atoms with Crippen molar-refractivity contribution in [3.8, 4) is 0 Å². The van der Waals surface area contributed by atoms with Crippen molar-refractivity contribution in [3.63, 3.8) is 0 Å².